The minimum absolute atomic E-state index is 0.00407. The van der Waals surface area contributed by atoms with Gasteiger partial charge in [-0.3, -0.25) is 0 Å². The third-order valence-corrected chi connectivity index (χ3v) is 9.13. The second-order valence-corrected chi connectivity index (χ2v) is 11.6. The standard InChI is InChI=1S/C35H37FN4O/c1-3-39(24-25-10-6-4-7-11-25)34(41)38-32(26-12-8-5-9-13-26)20-28-14-15-29-21-33-27(22-35(28,29)2)23-37-40(33)31-18-16-30(36)17-19-31/h4-13,16-19,21,23,28,32H,3,14-15,20,22,24H2,1-2H3,(H,38,41)/t28-,32?,35-/m1/s1. The molecule has 2 aliphatic rings. The first-order valence-electron chi connectivity index (χ1n) is 14.6. The molecule has 3 atom stereocenters. The average Bonchev–Trinajstić information content (AvgIpc) is 3.54. The molecule has 0 spiro atoms. The lowest BCUT2D eigenvalue weighted by molar-refractivity contribution is 0.184. The molecule has 0 bridgehead atoms. The highest BCUT2D eigenvalue weighted by Crippen LogP contribution is 2.55. The molecule has 41 heavy (non-hydrogen) atoms. The van der Waals surface area contributed by atoms with E-state index >= 15 is 0 Å². The molecule has 1 saturated carbocycles. The van der Waals surface area contributed by atoms with Crippen molar-refractivity contribution in [2.75, 3.05) is 6.54 Å². The maximum atomic E-state index is 13.6. The summed E-state index contributed by atoms with van der Waals surface area (Å²) < 4.78 is 15.5. The molecule has 2 aliphatic carbocycles. The molecule has 210 valence electrons. The smallest absolute Gasteiger partial charge is 0.318 e. The van der Waals surface area contributed by atoms with Crippen molar-refractivity contribution in [2.24, 2.45) is 11.3 Å². The van der Waals surface area contributed by atoms with Gasteiger partial charge >= 0.3 is 6.03 Å². The van der Waals surface area contributed by atoms with Crippen LogP contribution in [0.1, 0.15) is 61.5 Å². The Hall–Kier alpha value is -4.19. The highest BCUT2D eigenvalue weighted by Gasteiger charge is 2.46. The van der Waals surface area contributed by atoms with Crippen molar-refractivity contribution in [1.82, 2.24) is 20.0 Å². The van der Waals surface area contributed by atoms with Crippen molar-refractivity contribution >= 4 is 12.1 Å². The number of benzene rings is 3. The van der Waals surface area contributed by atoms with Gasteiger partial charge in [0, 0.05) is 13.1 Å². The topological polar surface area (TPSA) is 50.2 Å². The van der Waals surface area contributed by atoms with E-state index in [1.54, 1.807) is 12.1 Å². The second-order valence-electron chi connectivity index (χ2n) is 11.6. The van der Waals surface area contributed by atoms with Gasteiger partial charge in [-0.2, -0.15) is 5.10 Å². The first-order chi connectivity index (χ1) is 19.9. The molecule has 5 nitrogen and oxygen atoms in total. The lowest BCUT2D eigenvalue weighted by Crippen LogP contribution is -2.42. The zero-order valence-corrected chi connectivity index (χ0v) is 23.8. The molecule has 3 aromatic carbocycles. The van der Waals surface area contributed by atoms with Gasteiger partial charge in [-0.15, -0.1) is 0 Å². The summed E-state index contributed by atoms with van der Waals surface area (Å²) >= 11 is 0. The Bertz CT molecular complexity index is 1530. The molecule has 0 aliphatic heterocycles. The van der Waals surface area contributed by atoms with Crippen LogP contribution in [-0.4, -0.2) is 27.3 Å². The number of urea groups is 1. The molecule has 6 heteroatoms. The fourth-order valence-electron chi connectivity index (χ4n) is 6.72. The van der Waals surface area contributed by atoms with Gasteiger partial charge in [-0.25, -0.2) is 13.9 Å². The monoisotopic (exact) mass is 548 g/mol. The lowest BCUT2D eigenvalue weighted by Gasteiger charge is -2.38. The summed E-state index contributed by atoms with van der Waals surface area (Å²) in [5.74, 6) is 0.160. The third-order valence-electron chi connectivity index (χ3n) is 9.13. The van der Waals surface area contributed by atoms with Gasteiger partial charge in [0.25, 0.3) is 0 Å². The number of rotatable bonds is 8. The molecule has 0 saturated heterocycles. The van der Waals surface area contributed by atoms with Crippen molar-refractivity contribution in [3.05, 3.63) is 125 Å². The van der Waals surface area contributed by atoms with Crippen LogP contribution < -0.4 is 5.32 Å². The van der Waals surface area contributed by atoms with E-state index in [1.807, 2.05) is 47.0 Å². The van der Waals surface area contributed by atoms with E-state index in [0.717, 1.165) is 48.2 Å². The number of carbonyl (C=O) groups excluding carboxylic acids is 1. The first kappa shape index (κ1) is 27.0. The Morgan fingerprint density at radius 2 is 1.78 bits per heavy atom. The van der Waals surface area contributed by atoms with E-state index in [-0.39, 0.29) is 23.3 Å². The Morgan fingerprint density at radius 1 is 1.07 bits per heavy atom. The van der Waals surface area contributed by atoms with Crippen LogP contribution in [0.4, 0.5) is 9.18 Å². The summed E-state index contributed by atoms with van der Waals surface area (Å²) in [6.45, 7) is 5.63. The van der Waals surface area contributed by atoms with Gasteiger partial charge < -0.3 is 10.2 Å². The van der Waals surface area contributed by atoms with Crippen molar-refractivity contribution in [1.29, 1.82) is 0 Å². The number of nitrogens with zero attached hydrogens (tertiary/aromatic N) is 3. The van der Waals surface area contributed by atoms with Crippen molar-refractivity contribution in [3.8, 4) is 5.69 Å². The van der Waals surface area contributed by atoms with Gasteiger partial charge in [-0.05, 0) is 91.0 Å². The summed E-state index contributed by atoms with van der Waals surface area (Å²) in [5, 5.41) is 8.09. The highest BCUT2D eigenvalue weighted by atomic mass is 19.1. The fraction of sp³-hybridized carbons (Fsp3) is 0.314. The fourth-order valence-corrected chi connectivity index (χ4v) is 6.72. The van der Waals surface area contributed by atoms with E-state index in [2.05, 4.69) is 59.8 Å². The number of nitrogens with one attached hydrogen (secondary N) is 1. The number of hydrogen-bond donors (Lipinski definition) is 1. The van der Waals surface area contributed by atoms with Crippen LogP contribution in [0.25, 0.3) is 11.8 Å². The first-order valence-corrected chi connectivity index (χ1v) is 14.6. The highest BCUT2D eigenvalue weighted by molar-refractivity contribution is 5.74. The van der Waals surface area contributed by atoms with E-state index in [4.69, 9.17) is 0 Å². The molecule has 2 amide bonds. The zero-order chi connectivity index (χ0) is 28.4. The van der Waals surface area contributed by atoms with E-state index in [9.17, 15) is 9.18 Å². The van der Waals surface area contributed by atoms with Crippen LogP contribution in [-0.2, 0) is 13.0 Å². The average molecular weight is 549 g/mol. The van der Waals surface area contributed by atoms with Crippen LogP contribution in [0.3, 0.4) is 0 Å². The maximum Gasteiger partial charge on any atom is 0.318 e. The second kappa shape index (κ2) is 11.4. The van der Waals surface area contributed by atoms with Crippen molar-refractivity contribution in [2.45, 2.75) is 52.1 Å². The van der Waals surface area contributed by atoms with Gasteiger partial charge in [0.05, 0.1) is 23.6 Å². The lowest BCUT2D eigenvalue weighted by atomic mass is 9.68. The summed E-state index contributed by atoms with van der Waals surface area (Å²) in [4.78, 5) is 15.5. The molecule has 1 unspecified atom stereocenters. The van der Waals surface area contributed by atoms with Gasteiger partial charge in [-0.1, -0.05) is 73.2 Å². The number of fused-ring (bicyclic) bond motifs is 2. The number of allylic oxidation sites excluding steroid dienone is 1. The molecular formula is C35H37FN4O. The molecular weight excluding hydrogens is 511 g/mol. The predicted octanol–water partition coefficient (Wildman–Crippen LogP) is 7.73. The van der Waals surface area contributed by atoms with Gasteiger partial charge in [0.1, 0.15) is 5.82 Å². The Balaban J connectivity index is 1.23. The third kappa shape index (κ3) is 5.43. The molecule has 1 aromatic heterocycles. The number of carbonyl (C=O) groups is 1. The van der Waals surface area contributed by atoms with Crippen molar-refractivity contribution in [3.63, 3.8) is 0 Å². The quantitative estimate of drug-likeness (QED) is 0.245. The number of amides is 2. The number of halogens is 1. The summed E-state index contributed by atoms with van der Waals surface area (Å²) in [6, 6.07) is 26.9. The molecule has 1 N–H and O–H groups in total. The summed E-state index contributed by atoms with van der Waals surface area (Å²) in [5.41, 5.74) is 6.87. The molecule has 6 rings (SSSR count). The summed E-state index contributed by atoms with van der Waals surface area (Å²) in [7, 11) is 0. The van der Waals surface area contributed by atoms with Crippen LogP contribution >= 0.6 is 0 Å². The minimum atomic E-state index is -0.249. The van der Waals surface area contributed by atoms with E-state index in [1.165, 1.54) is 23.3 Å². The van der Waals surface area contributed by atoms with Crippen LogP contribution in [0.15, 0.2) is 96.7 Å². The minimum Gasteiger partial charge on any atom is -0.331 e. The van der Waals surface area contributed by atoms with E-state index < -0.39 is 0 Å². The molecule has 1 heterocycles. The van der Waals surface area contributed by atoms with Crippen LogP contribution in [0, 0.1) is 17.2 Å². The van der Waals surface area contributed by atoms with Crippen LogP contribution in [0.5, 0.6) is 0 Å². The van der Waals surface area contributed by atoms with Gasteiger partial charge in [0.2, 0.25) is 0 Å². The molecule has 4 aromatic rings. The summed E-state index contributed by atoms with van der Waals surface area (Å²) in [6.07, 6.45) is 8.16. The Kier molecular flexibility index (Phi) is 7.48. The molecule has 1 fully saturated rings. The Morgan fingerprint density at radius 3 is 2.49 bits per heavy atom. The Labute approximate surface area is 241 Å². The normalized spacial score (nSPS) is 20.1. The molecule has 0 radical (unpaired) electrons. The van der Waals surface area contributed by atoms with E-state index in [0.29, 0.717) is 19.0 Å². The number of hydrogen-bond acceptors (Lipinski definition) is 2. The van der Waals surface area contributed by atoms with Crippen molar-refractivity contribution < 1.29 is 9.18 Å². The largest absolute Gasteiger partial charge is 0.331 e. The SMILES string of the molecule is CCN(Cc1ccccc1)C(=O)NC(C[C@H]1CCC2=Cc3c(cnn3-c3ccc(F)cc3)C[C@@]21C)c1ccccc1. The maximum absolute atomic E-state index is 13.6. The van der Waals surface area contributed by atoms with Crippen LogP contribution in [0.2, 0.25) is 0 Å². The number of aromatic nitrogens is 2. The van der Waals surface area contributed by atoms with Gasteiger partial charge in [0.15, 0.2) is 0 Å². The zero-order valence-electron chi connectivity index (χ0n) is 23.8. The predicted molar refractivity (Wildman–Crippen MR) is 161 cm³/mol.